The zero-order chi connectivity index (χ0) is 21.0. The maximum Gasteiger partial charge on any atom is 0.573 e. The van der Waals surface area contributed by atoms with E-state index in [2.05, 4.69) is 20.0 Å². The summed E-state index contributed by atoms with van der Waals surface area (Å²) in [4.78, 5) is 19.5. The number of nitrogens with one attached hydrogen (secondary N) is 1. The SMILES string of the molecule is O=[N+]([O-])c1c(Nc2ccc(OC(F)(F)F)cc2)ncnc1Sc1ccc(Cl)cc1. The Kier molecular flexibility index (Phi) is 6.09. The molecule has 0 amide bonds. The molecular formula is C17H10ClF3N4O3S. The minimum absolute atomic E-state index is 0.0897. The predicted molar refractivity (Wildman–Crippen MR) is 101 cm³/mol. The molecule has 1 aromatic heterocycles. The highest BCUT2D eigenvalue weighted by Gasteiger charge is 2.31. The van der Waals surface area contributed by atoms with Gasteiger partial charge in [0, 0.05) is 15.6 Å². The van der Waals surface area contributed by atoms with Crippen LogP contribution in [-0.4, -0.2) is 21.3 Å². The first-order valence-corrected chi connectivity index (χ1v) is 8.96. The van der Waals surface area contributed by atoms with Crippen molar-refractivity contribution < 1.29 is 22.8 Å². The molecular weight excluding hydrogens is 433 g/mol. The molecule has 0 saturated carbocycles. The number of alkyl halides is 3. The van der Waals surface area contributed by atoms with Gasteiger partial charge in [-0.3, -0.25) is 10.1 Å². The number of nitrogens with zero attached hydrogens (tertiary/aromatic N) is 3. The Bertz CT molecular complexity index is 1020. The quantitative estimate of drug-likeness (QED) is 0.291. The second-order valence-electron chi connectivity index (χ2n) is 5.39. The lowest BCUT2D eigenvalue weighted by Gasteiger charge is -2.11. The molecule has 1 N–H and O–H groups in total. The number of aromatic nitrogens is 2. The van der Waals surface area contributed by atoms with Gasteiger partial charge < -0.3 is 10.1 Å². The first kappa shape index (κ1) is 20.7. The summed E-state index contributed by atoms with van der Waals surface area (Å²) in [5.74, 6) is -0.523. The summed E-state index contributed by atoms with van der Waals surface area (Å²) in [5.41, 5.74) is -0.0909. The molecule has 0 spiro atoms. The number of hydrogen-bond acceptors (Lipinski definition) is 7. The van der Waals surface area contributed by atoms with Crippen molar-refractivity contribution >= 4 is 40.6 Å². The van der Waals surface area contributed by atoms with Gasteiger partial charge in [-0.25, -0.2) is 9.97 Å². The number of anilines is 2. The Morgan fingerprint density at radius 1 is 1.07 bits per heavy atom. The molecule has 0 radical (unpaired) electrons. The number of nitro groups is 1. The molecule has 0 atom stereocenters. The van der Waals surface area contributed by atoms with E-state index in [0.29, 0.717) is 9.92 Å². The molecule has 7 nitrogen and oxygen atoms in total. The Labute approximate surface area is 171 Å². The molecule has 3 aromatic rings. The molecule has 0 saturated heterocycles. The molecule has 12 heteroatoms. The van der Waals surface area contributed by atoms with Crippen molar-refractivity contribution in [2.24, 2.45) is 0 Å². The van der Waals surface area contributed by atoms with Crippen LogP contribution in [-0.2, 0) is 0 Å². The zero-order valence-corrected chi connectivity index (χ0v) is 15.8. The van der Waals surface area contributed by atoms with Gasteiger partial charge in [0.1, 0.15) is 12.1 Å². The molecule has 3 rings (SSSR count). The zero-order valence-electron chi connectivity index (χ0n) is 14.2. The van der Waals surface area contributed by atoms with E-state index in [1.807, 2.05) is 0 Å². The number of halogens is 4. The number of ether oxygens (including phenoxy) is 1. The van der Waals surface area contributed by atoms with Gasteiger partial charge in [-0.1, -0.05) is 23.4 Å². The highest BCUT2D eigenvalue weighted by atomic mass is 35.5. The average Bonchev–Trinajstić information content (AvgIpc) is 2.64. The van der Waals surface area contributed by atoms with E-state index in [1.54, 1.807) is 24.3 Å². The van der Waals surface area contributed by atoms with Crippen molar-refractivity contribution in [2.75, 3.05) is 5.32 Å². The average molecular weight is 443 g/mol. The van der Waals surface area contributed by atoms with Crippen LogP contribution in [0.4, 0.5) is 30.4 Å². The number of benzene rings is 2. The lowest BCUT2D eigenvalue weighted by molar-refractivity contribution is -0.387. The molecule has 0 unspecified atom stereocenters. The van der Waals surface area contributed by atoms with Crippen LogP contribution in [0.25, 0.3) is 0 Å². The fourth-order valence-electron chi connectivity index (χ4n) is 2.18. The highest BCUT2D eigenvalue weighted by molar-refractivity contribution is 7.99. The highest BCUT2D eigenvalue weighted by Crippen LogP contribution is 2.38. The first-order chi connectivity index (χ1) is 13.7. The maximum absolute atomic E-state index is 12.2. The van der Waals surface area contributed by atoms with E-state index < -0.39 is 17.0 Å². The summed E-state index contributed by atoms with van der Waals surface area (Å²) in [5, 5.41) is 14.9. The Balaban J connectivity index is 1.85. The predicted octanol–water partition coefficient (Wildman–Crippen LogP) is 5.83. The van der Waals surface area contributed by atoms with E-state index in [4.69, 9.17) is 11.6 Å². The molecule has 0 bridgehead atoms. The summed E-state index contributed by atoms with van der Waals surface area (Å²) in [6, 6.07) is 11.4. The van der Waals surface area contributed by atoms with Gasteiger partial charge in [0.2, 0.25) is 5.82 Å². The minimum Gasteiger partial charge on any atom is -0.406 e. The standard InChI is InChI=1S/C17H10ClF3N4O3S/c18-10-1-7-13(8-2-10)29-16-14(25(26)27)15(22-9-23-16)24-11-3-5-12(6-4-11)28-17(19,20)21/h1-9H,(H,22,23,24). The van der Waals surface area contributed by atoms with Crippen LogP contribution >= 0.6 is 23.4 Å². The third kappa shape index (κ3) is 5.72. The van der Waals surface area contributed by atoms with Crippen LogP contribution < -0.4 is 10.1 Å². The first-order valence-electron chi connectivity index (χ1n) is 7.77. The van der Waals surface area contributed by atoms with Crippen LogP contribution in [0.1, 0.15) is 0 Å². The van der Waals surface area contributed by atoms with Crippen molar-refractivity contribution in [3.63, 3.8) is 0 Å². The molecule has 29 heavy (non-hydrogen) atoms. The van der Waals surface area contributed by atoms with Crippen molar-refractivity contribution in [3.8, 4) is 5.75 Å². The van der Waals surface area contributed by atoms with E-state index in [1.165, 1.54) is 12.1 Å². The molecule has 0 aliphatic carbocycles. The summed E-state index contributed by atoms with van der Waals surface area (Å²) in [6.45, 7) is 0. The molecule has 0 aliphatic rings. The molecule has 0 aliphatic heterocycles. The summed E-state index contributed by atoms with van der Waals surface area (Å²) in [7, 11) is 0. The van der Waals surface area contributed by atoms with Gasteiger partial charge in [-0.2, -0.15) is 0 Å². The fourth-order valence-corrected chi connectivity index (χ4v) is 3.17. The minimum atomic E-state index is -4.81. The normalized spacial score (nSPS) is 11.2. The van der Waals surface area contributed by atoms with E-state index in [-0.39, 0.29) is 22.2 Å². The lowest BCUT2D eigenvalue weighted by Crippen LogP contribution is -2.17. The van der Waals surface area contributed by atoms with Crippen LogP contribution in [0.2, 0.25) is 5.02 Å². The number of rotatable bonds is 6. The van der Waals surface area contributed by atoms with Gasteiger partial charge in [0.05, 0.1) is 4.92 Å². The Morgan fingerprint density at radius 3 is 2.31 bits per heavy atom. The molecule has 1 heterocycles. The number of hydrogen-bond donors (Lipinski definition) is 1. The van der Waals surface area contributed by atoms with Crippen LogP contribution in [0.15, 0.2) is 64.8 Å². The molecule has 0 fully saturated rings. The van der Waals surface area contributed by atoms with E-state index in [9.17, 15) is 23.3 Å². The van der Waals surface area contributed by atoms with Crippen molar-refractivity contribution in [2.45, 2.75) is 16.3 Å². The second kappa shape index (κ2) is 8.53. The monoisotopic (exact) mass is 442 g/mol. The van der Waals surface area contributed by atoms with Crippen molar-refractivity contribution in [3.05, 3.63) is 70.0 Å². The third-order valence-corrected chi connectivity index (χ3v) is 4.60. The van der Waals surface area contributed by atoms with Crippen LogP contribution in [0.5, 0.6) is 5.75 Å². The van der Waals surface area contributed by atoms with Gasteiger partial charge in [-0.15, -0.1) is 13.2 Å². The van der Waals surface area contributed by atoms with Gasteiger partial charge in [-0.05, 0) is 48.5 Å². The van der Waals surface area contributed by atoms with Gasteiger partial charge in [0.25, 0.3) is 0 Å². The summed E-state index contributed by atoms with van der Waals surface area (Å²) >= 11 is 6.88. The molecule has 150 valence electrons. The Hall–Kier alpha value is -3.05. The third-order valence-electron chi connectivity index (χ3n) is 3.35. The smallest absolute Gasteiger partial charge is 0.406 e. The topological polar surface area (TPSA) is 90.2 Å². The second-order valence-corrected chi connectivity index (χ2v) is 6.88. The molecule has 2 aromatic carbocycles. The van der Waals surface area contributed by atoms with Crippen LogP contribution in [0.3, 0.4) is 0 Å². The van der Waals surface area contributed by atoms with Crippen molar-refractivity contribution in [1.82, 2.24) is 9.97 Å². The fraction of sp³-hybridized carbons (Fsp3) is 0.0588. The van der Waals surface area contributed by atoms with Crippen LogP contribution in [0, 0.1) is 10.1 Å². The summed E-state index contributed by atoms with van der Waals surface area (Å²) in [6.07, 6.45) is -3.66. The van der Waals surface area contributed by atoms with Gasteiger partial charge >= 0.3 is 12.0 Å². The van der Waals surface area contributed by atoms with Crippen molar-refractivity contribution in [1.29, 1.82) is 0 Å². The lowest BCUT2D eigenvalue weighted by atomic mass is 10.3. The van der Waals surface area contributed by atoms with E-state index >= 15 is 0 Å². The largest absolute Gasteiger partial charge is 0.573 e. The maximum atomic E-state index is 12.2. The van der Waals surface area contributed by atoms with E-state index in [0.717, 1.165) is 30.2 Å². The summed E-state index contributed by atoms with van der Waals surface area (Å²) < 4.78 is 40.5. The van der Waals surface area contributed by atoms with Gasteiger partial charge in [0.15, 0.2) is 5.03 Å². The Morgan fingerprint density at radius 2 is 1.72 bits per heavy atom.